The number of nitrogens with zero attached hydrogens (tertiary/aromatic N) is 1. The smallest absolute Gasteiger partial charge is 0.160 e. The zero-order chi connectivity index (χ0) is 14.2. The van der Waals surface area contributed by atoms with Crippen molar-refractivity contribution in [1.29, 1.82) is 0 Å². The first-order chi connectivity index (χ1) is 9.81. The van der Waals surface area contributed by atoms with Crippen molar-refractivity contribution in [3.8, 4) is 17.2 Å². The summed E-state index contributed by atoms with van der Waals surface area (Å²) >= 11 is 0. The molecule has 0 saturated carbocycles. The van der Waals surface area contributed by atoms with E-state index in [-0.39, 0.29) is 11.4 Å². The second-order valence-electron chi connectivity index (χ2n) is 4.08. The van der Waals surface area contributed by atoms with Gasteiger partial charge in [-0.25, -0.2) is 0 Å². The number of phenolic OH excluding ortho intramolecular Hbond substituents is 1. The molecule has 0 bridgehead atoms. The van der Waals surface area contributed by atoms with Gasteiger partial charge in [0.05, 0.1) is 13.2 Å². The van der Waals surface area contributed by atoms with Gasteiger partial charge < -0.3 is 14.6 Å². The Morgan fingerprint density at radius 1 is 0.900 bits per heavy atom. The lowest BCUT2D eigenvalue weighted by Gasteiger charge is -2.09. The molecule has 0 amide bonds. The highest BCUT2D eigenvalue weighted by Gasteiger charge is 2.03. The molecule has 2 rings (SSSR count). The number of hydrogen-bond donors (Lipinski definition) is 1. The summed E-state index contributed by atoms with van der Waals surface area (Å²) in [6.07, 6.45) is 0.627. The SMILES string of the molecule is O=Nc1ccccc1OCCCOc1ccccc1O. The summed E-state index contributed by atoms with van der Waals surface area (Å²) in [5.74, 6) is 1.02. The Morgan fingerprint density at radius 2 is 1.50 bits per heavy atom. The molecule has 20 heavy (non-hydrogen) atoms. The first-order valence-electron chi connectivity index (χ1n) is 6.27. The third kappa shape index (κ3) is 3.71. The molecule has 2 aromatic carbocycles. The highest BCUT2D eigenvalue weighted by molar-refractivity contribution is 5.50. The van der Waals surface area contributed by atoms with Crippen LogP contribution in [0.3, 0.4) is 0 Å². The van der Waals surface area contributed by atoms with Crippen LogP contribution >= 0.6 is 0 Å². The number of ether oxygens (including phenoxy) is 2. The van der Waals surface area contributed by atoms with E-state index in [2.05, 4.69) is 5.18 Å². The van der Waals surface area contributed by atoms with Gasteiger partial charge in [-0.15, -0.1) is 4.91 Å². The van der Waals surface area contributed by atoms with Gasteiger partial charge in [-0.3, -0.25) is 0 Å². The van der Waals surface area contributed by atoms with Crippen LogP contribution in [0.15, 0.2) is 53.7 Å². The van der Waals surface area contributed by atoms with Gasteiger partial charge in [0.2, 0.25) is 0 Å². The van der Waals surface area contributed by atoms with Crippen molar-refractivity contribution in [2.75, 3.05) is 13.2 Å². The zero-order valence-corrected chi connectivity index (χ0v) is 10.9. The average Bonchev–Trinajstić information content (AvgIpc) is 2.49. The summed E-state index contributed by atoms with van der Waals surface area (Å²) < 4.78 is 10.9. The minimum absolute atomic E-state index is 0.115. The van der Waals surface area contributed by atoms with Crippen LogP contribution in [0.4, 0.5) is 5.69 Å². The molecule has 0 unspecified atom stereocenters. The van der Waals surface area contributed by atoms with Crippen molar-refractivity contribution in [3.63, 3.8) is 0 Å². The highest BCUT2D eigenvalue weighted by atomic mass is 16.5. The van der Waals surface area contributed by atoms with E-state index in [4.69, 9.17) is 9.47 Å². The fourth-order valence-electron chi connectivity index (χ4n) is 1.66. The third-order valence-corrected chi connectivity index (χ3v) is 2.63. The third-order valence-electron chi connectivity index (χ3n) is 2.63. The molecular formula is C15H15NO4. The lowest BCUT2D eigenvalue weighted by Crippen LogP contribution is -2.05. The quantitative estimate of drug-likeness (QED) is 0.617. The van der Waals surface area contributed by atoms with Crippen LogP contribution in [0.2, 0.25) is 0 Å². The van der Waals surface area contributed by atoms with E-state index in [1.165, 1.54) is 0 Å². The van der Waals surface area contributed by atoms with Crippen molar-refractivity contribution in [2.45, 2.75) is 6.42 Å². The standard InChI is InChI=1S/C15H15NO4/c17-13-7-2-4-9-15(13)20-11-5-10-19-14-8-3-1-6-12(14)16-18/h1-4,6-9,17H,5,10-11H2. The summed E-state index contributed by atoms with van der Waals surface area (Å²) in [6.45, 7) is 0.814. The lowest BCUT2D eigenvalue weighted by molar-refractivity contribution is 0.242. The number of rotatable bonds is 7. The van der Waals surface area contributed by atoms with E-state index in [0.717, 1.165) is 0 Å². The Bertz CT molecular complexity index is 571. The summed E-state index contributed by atoms with van der Waals surface area (Å²) in [5.41, 5.74) is 0.286. The maximum absolute atomic E-state index is 10.6. The summed E-state index contributed by atoms with van der Waals surface area (Å²) in [7, 11) is 0. The van der Waals surface area contributed by atoms with Gasteiger partial charge in [0, 0.05) is 6.42 Å². The Balaban J connectivity index is 1.74. The van der Waals surface area contributed by atoms with Gasteiger partial charge in [-0.05, 0) is 29.4 Å². The molecule has 0 aromatic heterocycles. The minimum Gasteiger partial charge on any atom is -0.504 e. The number of nitroso groups, excluding NO2 is 1. The van der Waals surface area contributed by atoms with Gasteiger partial charge in [0.1, 0.15) is 11.4 Å². The molecule has 1 N–H and O–H groups in total. The fourth-order valence-corrected chi connectivity index (χ4v) is 1.66. The van der Waals surface area contributed by atoms with E-state index >= 15 is 0 Å². The Labute approximate surface area is 116 Å². The molecule has 5 heteroatoms. The lowest BCUT2D eigenvalue weighted by atomic mass is 10.3. The van der Waals surface area contributed by atoms with Crippen molar-refractivity contribution in [2.24, 2.45) is 5.18 Å². The molecule has 0 radical (unpaired) electrons. The molecule has 0 aliphatic carbocycles. The van der Waals surface area contributed by atoms with Crippen LogP contribution in [0.25, 0.3) is 0 Å². The molecule has 2 aromatic rings. The molecule has 0 saturated heterocycles. The van der Waals surface area contributed by atoms with Gasteiger partial charge >= 0.3 is 0 Å². The van der Waals surface area contributed by atoms with Crippen molar-refractivity contribution in [3.05, 3.63) is 53.4 Å². The number of para-hydroxylation sites is 3. The second-order valence-corrected chi connectivity index (χ2v) is 4.08. The molecule has 0 heterocycles. The normalized spacial score (nSPS) is 10.0. The van der Waals surface area contributed by atoms with Gasteiger partial charge in [-0.2, -0.15) is 0 Å². The van der Waals surface area contributed by atoms with Crippen molar-refractivity contribution in [1.82, 2.24) is 0 Å². The van der Waals surface area contributed by atoms with Gasteiger partial charge in [0.25, 0.3) is 0 Å². The van der Waals surface area contributed by atoms with E-state index in [0.29, 0.717) is 31.1 Å². The maximum Gasteiger partial charge on any atom is 0.160 e. The van der Waals surface area contributed by atoms with E-state index in [9.17, 15) is 10.0 Å². The Kier molecular flexibility index (Phi) is 4.94. The number of hydrogen-bond acceptors (Lipinski definition) is 5. The Hall–Kier alpha value is -2.56. The molecule has 0 aliphatic rings. The average molecular weight is 273 g/mol. The van der Waals surface area contributed by atoms with Crippen LogP contribution in [0.1, 0.15) is 6.42 Å². The Morgan fingerprint density at radius 3 is 2.20 bits per heavy atom. The highest BCUT2D eigenvalue weighted by Crippen LogP contribution is 2.27. The first kappa shape index (κ1) is 13.9. The summed E-state index contributed by atoms with van der Waals surface area (Å²) in [4.78, 5) is 10.6. The summed E-state index contributed by atoms with van der Waals surface area (Å²) in [5, 5.41) is 12.4. The van der Waals surface area contributed by atoms with Crippen LogP contribution in [0.5, 0.6) is 17.2 Å². The van der Waals surface area contributed by atoms with Crippen LogP contribution in [0, 0.1) is 4.91 Å². The van der Waals surface area contributed by atoms with E-state index in [1.807, 2.05) is 0 Å². The molecule has 0 aliphatic heterocycles. The predicted molar refractivity (Wildman–Crippen MR) is 75.6 cm³/mol. The molecule has 104 valence electrons. The van der Waals surface area contributed by atoms with Crippen LogP contribution in [-0.2, 0) is 0 Å². The van der Waals surface area contributed by atoms with Gasteiger partial charge in [0.15, 0.2) is 11.5 Å². The molecule has 0 spiro atoms. The fraction of sp³-hybridized carbons (Fsp3) is 0.200. The monoisotopic (exact) mass is 273 g/mol. The number of aromatic hydroxyl groups is 1. The first-order valence-corrected chi connectivity index (χ1v) is 6.27. The van der Waals surface area contributed by atoms with Crippen LogP contribution < -0.4 is 9.47 Å². The zero-order valence-electron chi connectivity index (χ0n) is 10.9. The topological polar surface area (TPSA) is 68.1 Å². The largest absolute Gasteiger partial charge is 0.504 e. The summed E-state index contributed by atoms with van der Waals surface area (Å²) in [6, 6.07) is 13.6. The number of phenols is 1. The number of benzene rings is 2. The molecule has 0 atom stereocenters. The van der Waals surface area contributed by atoms with Gasteiger partial charge in [-0.1, -0.05) is 24.3 Å². The van der Waals surface area contributed by atoms with E-state index < -0.39 is 0 Å². The van der Waals surface area contributed by atoms with E-state index in [1.54, 1.807) is 48.5 Å². The second kappa shape index (κ2) is 7.13. The maximum atomic E-state index is 10.6. The molecular weight excluding hydrogens is 258 g/mol. The van der Waals surface area contributed by atoms with Crippen LogP contribution in [-0.4, -0.2) is 18.3 Å². The molecule has 0 fully saturated rings. The predicted octanol–water partition coefficient (Wildman–Crippen LogP) is 3.64. The van der Waals surface area contributed by atoms with Crippen molar-refractivity contribution >= 4 is 5.69 Å². The van der Waals surface area contributed by atoms with Crippen molar-refractivity contribution < 1.29 is 14.6 Å². The minimum atomic E-state index is 0.115. The molecule has 5 nitrogen and oxygen atoms in total.